The average molecular weight is 172 g/mol. The summed E-state index contributed by atoms with van der Waals surface area (Å²) in [5.74, 6) is 2.60. The van der Waals surface area contributed by atoms with E-state index in [1.54, 1.807) is 0 Å². The van der Waals surface area contributed by atoms with Crippen molar-refractivity contribution >= 4 is 5.78 Å². The van der Waals surface area contributed by atoms with Crippen LogP contribution in [0.3, 0.4) is 0 Å². The van der Waals surface area contributed by atoms with Crippen LogP contribution in [0.2, 0.25) is 0 Å². The van der Waals surface area contributed by atoms with E-state index < -0.39 is 0 Å². The Morgan fingerprint density at radius 2 is 2.15 bits per heavy atom. The van der Waals surface area contributed by atoms with Gasteiger partial charge in [0.15, 0.2) is 5.78 Å². The number of ketones is 1. The third-order valence-electron chi connectivity index (χ3n) is 1.94. The third-order valence-corrected chi connectivity index (χ3v) is 1.94. The highest BCUT2D eigenvalue weighted by molar-refractivity contribution is 5.97. The highest BCUT2D eigenvalue weighted by atomic mass is 16.1. The number of rotatable bonds is 3. The maximum atomic E-state index is 11.5. The Bertz CT molecular complexity index is 344. The Morgan fingerprint density at radius 1 is 1.46 bits per heavy atom. The number of terminal acetylenes is 1. The molecule has 0 saturated carbocycles. The molecule has 0 atom stereocenters. The average Bonchev–Trinajstić information content (AvgIpc) is 2.15. The van der Waals surface area contributed by atoms with Crippen LogP contribution in [0.5, 0.6) is 0 Å². The summed E-state index contributed by atoms with van der Waals surface area (Å²) in [6, 6.07) is 7.57. The van der Waals surface area contributed by atoms with Crippen LogP contribution in [0.1, 0.15) is 28.8 Å². The van der Waals surface area contributed by atoms with E-state index in [2.05, 4.69) is 5.92 Å². The lowest BCUT2D eigenvalue weighted by Crippen LogP contribution is -2.00. The van der Waals surface area contributed by atoms with Crippen molar-refractivity contribution in [1.29, 1.82) is 0 Å². The molecule has 0 bridgehead atoms. The highest BCUT2D eigenvalue weighted by Crippen LogP contribution is 2.10. The van der Waals surface area contributed by atoms with E-state index in [0.717, 1.165) is 11.1 Å². The molecule has 0 amide bonds. The van der Waals surface area contributed by atoms with Crippen LogP contribution in [0.15, 0.2) is 24.3 Å². The predicted molar refractivity (Wildman–Crippen MR) is 53.6 cm³/mol. The molecule has 0 unspecified atom stereocenters. The zero-order chi connectivity index (χ0) is 9.68. The molecule has 66 valence electrons. The Morgan fingerprint density at radius 3 is 2.77 bits per heavy atom. The molecule has 0 fully saturated rings. The molecule has 0 aromatic heterocycles. The van der Waals surface area contributed by atoms with Gasteiger partial charge in [-0.1, -0.05) is 24.3 Å². The van der Waals surface area contributed by atoms with Crippen molar-refractivity contribution in [2.75, 3.05) is 0 Å². The van der Waals surface area contributed by atoms with Gasteiger partial charge < -0.3 is 0 Å². The first-order chi connectivity index (χ1) is 6.25. The highest BCUT2D eigenvalue weighted by Gasteiger charge is 2.06. The van der Waals surface area contributed by atoms with Crippen LogP contribution in [0, 0.1) is 19.3 Å². The molecule has 0 aliphatic carbocycles. The molecular formula is C12H12O. The molecule has 0 aliphatic rings. The van der Waals surface area contributed by atoms with Crippen LogP contribution in [0.25, 0.3) is 0 Å². The Hall–Kier alpha value is -1.55. The van der Waals surface area contributed by atoms with Crippen molar-refractivity contribution in [2.24, 2.45) is 0 Å². The monoisotopic (exact) mass is 172 g/mol. The van der Waals surface area contributed by atoms with Gasteiger partial charge in [0, 0.05) is 18.4 Å². The predicted octanol–water partition coefficient (Wildman–Crippen LogP) is 2.59. The first kappa shape index (κ1) is 9.54. The van der Waals surface area contributed by atoms with Crippen LogP contribution < -0.4 is 0 Å². The summed E-state index contributed by atoms with van der Waals surface area (Å²) in [7, 11) is 0. The molecule has 1 nitrogen and oxygen atoms in total. The second-order valence-corrected chi connectivity index (χ2v) is 2.94. The second kappa shape index (κ2) is 4.47. The summed E-state index contributed by atoms with van der Waals surface area (Å²) >= 11 is 0. The van der Waals surface area contributed by atoms with E-state index in [0.29, 0.717) is 12.8 Å². The van der Waals surface area contributed by atoms with Gasteiger partial charge in [0.1, 0.15) is 0 Å². The third kappa shape index (κ3) is 2.45. The number of aryl methyl sites for hydroxylation is 1. The minimum atomic E-state index is 0.135. The van der Waals surface area contributed by atoms with Gasteiger partial charge in [-0.3, -0.25) is 4.79 Å². The minimum Gasteiger partial charge on any atom is -0.294 e. The molecule has 1 aromatic rings. The van der Waals surface area contributed by atoms with Gasteiger partial charge in [-0.2, -0.15) is 0 Å². The van der Waals surface area contributed by atoms with Crippen molar-refractivity contribution < 1.29 is 4.79 Å². The molecular weight excluding hydrogens is 160 g/mol. The smallest absolute Gasteiger partial charge is 0.164 e. The Kier molecular flexibility index (Phi) is 3.28. The number of carbonyl (C=O) groups is 1. The lowest BCUT2D eigenvalue weighted by Gasteiger charge is -2.01. The van der Waals surface area contributed by atoms with Gasteiger partial charge in [0.05, 0.1) is 0 Å². The Labute approximate surface area is 78.8 Å². The zero-order valence-electron chi connectivity index (χ0n) is 7.71. The molecule has 0 saturated heterocycles. The van der Waals surface area contributed by atoms with Crippen LogP contribution >= 0.6 is 0 Å². The van der Waals surface area contributed by atoms with Crippen molar-refractivity contribution in [2.45, 2.75) is 19.8 Å². The number of hydrogen-bond acceptors (Lipinski definition) is 1. The molecule has 1 rings (SSSR count). The summed E-state index contributed by atoms with van der Waals surface area (Å²) in [4.78, 5) is 11.5. The topological polar surface area (TPSA) is 17.1 Å². The van der Waals surface area contributed by atoms with E-state index in [9.17, 15) is 4.79 Å². The Balaban J connectivity index is 2.78. The fraction of sp³-hybridized carbons (Fsp3) is 0.250. The van der Waals surface area contributed by atoms with E-state index in [4.69, 9.17) is 6.42 Å². The fourth-order valence-electron chi connectivity index (χ4n) is 1.21. The number of Topliss-reactive ketones (excluding diaryl/α,β-unsaturated/α-hetero) is 1. The van der Waals surface area contributed by atoms with Crippen molar-refractivity contribution in [3.63, 3.8) is 0 Å². The molecule has 1 heteroatoms. The SMILES string of the molecule is C#CCCC(=O)c1ccccc1C. The maximum absolute atomic E-state index is 11.5. The van der Waals surface area contributed by atoms with E-state index in [-0.39, 0.29) is 5.78 Å². The normalized spacial score (nSPS) is 9.23. The largest absolute Gasteiger partial charge is 0.294 e. The number of carbonyl (C=O) groups excluding carboxylic acids is 1. The first-order valence-electron chi connectivity index (χ1n) is 4.28. The van der Waals surface area contributed by atoms with Crippen molar-refractivity contribution in [3.05, 3.63) is 35.4 Å². The van der Waals surface area contributed by atoms with Gasteiger partial charge in [0.2, 0.25) is 0 Å². The summed E-state index contributed by atoms with van der Waals surface area (Å²) in [5, 5.41) is 0. The standard InChI is InChI=1S/C12H12O/c1-3-4-9-12(13)11-8-6-5-7-10(11)2/h1,5-8H,4,9H2,2H3. The van der Waals surface area contributed by atoms with Crippen molar-refractivity contribution in [3.8, 4) is 12.3 Å². The van der Waals surface area contributed by atoms with E-state index in [1.807, 2.05) is 31.2 Å². The van der Waals surface area contributed by atoms with E-state index in [1.165, 1.54) is 0 Å². The molecule has 0 N–H and O–H groups in total. The fourth-order valence-corrected chi connectivity index (χ4v) is 1.21. The van der Waals surface area contributed by atoms with Crippen LogP contribution in [-0.2, 0) is 0 Å². The van der Waals surface area contributed by atoms with Crippen LogP contribution in [0.4, 0.5) is 0 Å². The lowest BCUT2D eigenvalue weighted by atomic mass is 10.0. The number of hydrogen-bond donors (Lipinski definition) is 0. The maximum Gasteiger partial charge on any atom is 0.164 e. The molecule has 1 aromatic carbocycles. The minimum absolute atomic E-state index is 0.135. The second-order valence-electron chi connectivity index (χ2n) is 2.94. The van der Waals surface area contributed by atoms with Gasteiger partial charge in [-0.05, 0) is 12.5 Å². The summed E-state index contributed by atoms with van der Waals surface area (Å²) in [6.07, 6.45) is 6.06. The van der Waals surface area contributed by atoms with Crippen LogP contribution in [-0.4, -0.2) is 5.78 Å². The molecule has 0 heterocycles. The van der Waals surface area contributed by atoms with Crippen molar-refractivity contribution in [1.82, 2.24) is 0 Å². The quantitative estimate of drug-likeness (QED) is 0.506. The summed E-state index contributed by atoms with van der Waals surface area (Å²) in [6.45, 7) is 1.93. The van der Waals surface area contributed by atoms with Gasteiger partial charge >= 0.3 is 0 Å². The molecule has 13 heavy (non-hydrogen) atoms. The molecule has 0 spiro atoms. The zero-order valence-corrected chi connectivity index (χ0v) is 7.71. The number of benzene rings is 1. The van der Waals surface area contributed by atoms with Gasteiger partial charge in [-0.15, -0.1) is 12.3 Å². The molecule has 0 radical (unpaired) electrons. The van der Waals surface area contributed by atoms with Gasteiger partial charge in [0.25, 0.3) is 0 Å². The summed E-state index contributed by atoms with van der Waals surface area (Å²) in [5.41, 5.74) is 1.81. The molecule has 0 aliphatic heterocycles. The first-order valence-corrected chi connectivity index (χ1v) is 4.28. The van der Waals surface area contributed by atoms with E-state index >= 15 is 0 Å². The summed E-state index contributed by atoms with van der Waals surface area (Å²) < 4.78 is 0. The van der Waals surface area contributed by atoms with Gasteiger partial charge in [-0.25, -0.2) is 0 Å². The lowest BCUT2D eigenvalue weighted by molar-refractivity contribution is 0.0984.